The molecule has 1 rings (SSSR count). The Bertz CT molecular complexity index is 518. The van der Waals surface area contributed by atoms with Crippen molar-refractivity contribution < 1.29 is 14.7 Å². The molecule has 0 heterocycles. The van der Waals surface area contributed by atoms with Gasteiger partial charge >= 0.3 is 5.97 Å². The topological polar surface area (TPSA) is 80.4 Å². The monoisotopic (exact) mass is 245 g/mol. The number of aliphatic carboxylic acids is 1. The predicted molar refractivity (Wildman–Crippen MR) is 67.8 cm³/mol. The fourth-order valence-electron chi connectivity index (χ4n) is 1.33. The summed E-state index contributed by atoms with van der Waals surface area (Å²) in [5.74, 6) is 4.08. The van der Waals surface area contributed by atoms with Crippen LogP contribution < -0.4 is 5.73 Å². The maximum atomic E-state index is 11.1. The van der Waals surface area contributed by atoms with Crippen LogP contribution >= 0.6 is 0 Å². The molecule has 0 aliphatic carbocycles. The summed E-state index contributed by atoms with van der Waals surface area (Å²) in [5, 5.41) is 9.09. The van der Waals surface area contributed by atoms with E-state index in [1.54, 1.807) is 38.1 Å². The highest BCUT2D eigenvalue weighted by atomic mass is 16.4. The van der Waals surface area contributed by atoms with Gasteiger partial charge in [-0.2, -0.15) is 0 Å². The zero-order valence-corrected chi connectivity index (χ0v) is 10.4. The molecule has 0 saturated heterocycles. The van der Waals surface area contributed by atoms with E-state index in [-0.39, 0.29) is 6.42 Å². The van der Waals surface area contributed by atoms with E-state index in [2.05, 4.69) is 11.8 Å². The number of carbonyl (C=O) groups excluding carboxylic acids is 1. The van der Waals surface area contributed by atoms with Crippen LogP contribution in [-0.2, 0) is 15.0 Å². The number of carboxylic acids is 1. The van der Waals surface area contributed by atoms with Gasteiger partial charge in [-0.25, -0.2) is 0 Å². The Hall–Kier alpha value is -2.28. The van der Waals surface area contributed by atoms with Gasteiger partial charge in [-0.05, 0) is 31.5 Å². The molecule has 4 heteroatoms. The molecule has 0 aliphatic rings. The highest BCUT2D eigenvalue weighted by Gasteiger charge is 2.28. The highest BCUT2D eigenvalue weighted by molar-refractivity contribution is 5.80. The summed E-state index contributed by atoms with van der Waals surface area (Å²) in [4.78, 5) is 21.6. The Morgan fingerprint density at radius 3 is 2.28 bits per heavy atom. The number of nitrogens with two attached hydrogens (primary N) is 1. The van der Waals surface area contributed by atoms with Gasteiger partial charge in [0.05, 0.1) is 11.8 Å². The smallest absolute Gasteiger partial charge is 0.313 e. The second-order valence-corrected chi connectivity index (χ2v) is 4.45. The van der Waals surface area contributed by atoms with Crippen molar-refractivity contribution >= 4 is 11.9 Å². The van der Waals surface area contributed by atoms with E-state index in [1.807, 2.05) is 0 Å². The van der Waals surface area contributed by atoms with Gasteiger partial charge in [-0.15, -0.1) is 0 Å². The van der Waals surface area contributed by atoms with Crippen molar-refractivity contribution in [3.63, 3.8) is 0 Å². The molecule has 1 aromatic carbocycles. The van der Waals surface area contributed by atoms with Crippen molar-refractivity contribution in [2.75, 3.05) is 0 Å². The van der Waals surface area contributed by atoms with E-state index < -0.39 is 17.3 Å². The van der Waals surface area contributed by atoms with Gasteiger partial charge in [0.2, 0.25) is 5.91 Å². The molecular weight excluding hydrogens is 230 g/mol. The molecule has 1 aromatic rings. The zero-order valence-electron chi connectivity index (χ0n) is 10.4. The van der Waals surface area contributed by atoms with Crippen molar-refractivity contribution in [2.24, 2.45) is 5.73 Å². The average Bonchev–Trinajstić information content (AvgIpc) is 2.29. The molecule has 3 N–H and O–H groups in total. The standard InChI is InChI=1S/C14H15NO3/c1-14(2,13(17)18)11-8-6-10(7-9-11)4-3-5-12(15)16/h6-9H,5H2,1-2H3,(H2,15,16)(H,17,18). The summed E-state index contributed by atoms with van der Waals surface area (Å²) < 4.78 is 0. The molecule has 0 atom stereocenters. The minimum Gasteiger partial charge on any atom is -0.481 e. The molecule has 0 bridgehead atoms. The van der Waals surface area contributed by atoms with Gasteiger partial charge < -0.3 is 10.8 Å². The number of rotatable bonds is 3. The van der Waals surface area contributed by atoms with Crippen LogP contribution in [0, 0.1) is 11.8 Å². The number of hydrogen-bond donors (Lipinski definition) is 2. The van der Waals surface area contributed by atoms with Crippen LogP contribution in [0.2, 0.25) is 0 Å². The molecule has 0 unspecified atom stereocenters. The van der Waals surface area contributed by atoms with Crippen LogP contribution in [0.1, 0.15) is 31.4 Å². The van der Waals surface area contributed by atoms with Gasteiger partial charge in [0, 0.05) is 5.56 Å². The van der Waals surface area contributed by atoms with E-state index in [1.165, 1.54) is 0 Å². The average molecular weight is 245 g/mol. The molecule has 0 aliphatic heterocycles. The predicted octanol–water partition coefficient (Wildman–Crippen LogP) is 1.28. The van der Waals surface area contributed by atoms with Crippen LogP contribution in [0.15, 0.2) is 24.3 Å². The fourth-order valence-corrected chi connectivity index (χ4v) is 1.33. The van der Waals surface area contributed by atoms with E-state index in [0.717, 1.165) is 5.56 Å². The molecule has 1 amide bonds. The van der Waals surface area contributed by atoms with Crippen LogP contribution in [0.3, 0.4) is 0 Å². The third kappa shape index (κ3) is 3.36. The maximum Gasteiger partial charge on any atom is 0.313 e. The lowest BCUT2D eigenvalue weighted by Gasteiger charge is -2.19. The first-order valence-corrected chi connectivity index (χ1v) is 5.45. The third-order valence-electron chi connectivity index (χ3n) is 2.64. The minimum absolute atomic E-state index is 0.0162. The lowest BCUT2D eigenvalue weighted by Crippen LogP contribution is -2.28. The van der Waals surface area contributed by atoms with Gasteiger partial charge in [0.1, 0.15) is 0 Å². The fraction of sp³-hybridized carbons (Fsp3) is 0.286. The Morgan fingerprint density at radius 1 is 1.28 bits per heavy atom. The van der Waals surface area contributed by atoms with E-state index >= 15 is 0 Å². The van der Waals surface area contributed by atoms with E-state index in [4.69, 9.17) is 10.8 Å². The zero-order chi connectivity index (χ0) is 13.8. The Balaban J connectivity index is 2.89. The first-order chi connectivity index (χ1) is 8.34. The van der Waals surface area contributed by atoms with Crippen molar-refractivity contribution in [2.45, 2.75) is 25.7 Å². The molecule has 0 aromatic heterocycles. The van der Waals surface area contributed by atoms with Crippen molar-refractivity contribution in [3.8, 4) is 11.8 Å². The highest BCUT2D eigenvalue weighted by Crippen LogP contribution is 2.23. The van der Waals surface area contributed by atoms with Gasteiger partial charge in [-0.1, -0.05) is 24.0 Å². The molecule has 18 heavy (non-hydrogen) atoms. The van der Waals surface area contributed by atoms with Crippen LogP contribution in [0.4, 0.5) is 0 Å². The molecule has 0 radical (unpaired) electrons. The second kappa shape index (κ2) is 5.37. The molecule has 0 fully saturated rings. The maximum absolute atomic E-state index is 11.1. The van der Waals surface area contributed by atoms with Gasteiger partial charge in [0.25, 0.3) is 0 Å². The lowest BCUT2D eigenvalue weighted by atomic mass is 9.84. The van der Waals surface area contributed by atoms with Crippen LogP contribution in [0.5, 0.6) is 0 Å². The summed E-state index contributed by atoms with van der Waals surface area (Å²) in [6.45, 7) is 3.28. The summed E-state index contributed by atoms with van der Waals surface area (Å²) in [7, 11) is 0. The van der Waals surface area contributed by atoms with Crippen molar-refractivity contribution in [1.29, 1.82) is 0 Å². The number of amides is 1. The van der Waals surface area contributed by atoms with Gasteiger partial charge in [-0.3, -0.25) is 9.59 Å². The van der Waals surface area contributed by atoms with Crippen LogP contribution in [0.25, 0.3) is 0 Å². The van der Waals surface area contributed by atoms with Crippen molar-refractivity contribution in [3.05, 3.63) is 35.4 Å². The summed E-state index contributed by atoms with van der Waals surface area (Å²) in [6.07, 6.45) is 0.0162. The number of primary amides is 1. The SMILES string of the molecule is CC(C)(C(=O)O)c1ccc(C#CCC(N)=O)cc1. The first-order valence-electron chi connectivity index (χ1n) is 5.45. The Morgan fingerprint density at radius 2 is 1.83 bits per heavy atom. The Labute approximate surface area is 106 Å². The van der Waals surface area contributed by atoms with E-state index in [0.29, 0.717) is 5.56 Å². The minimum atomic E-state index is -0.931. The number of hydrogen-bond acceptors (Lipinski definition) is 2. The summed E-state index contributed by atoms with van der Waals surface area (Å²) in [6, 6.07) is 6.91. The molecule has 94 valence electrons. The molecule has 0 saturated carbocycles. The van der Waals surface area contributed by atoms with Crippen LogP contribution in [-0.4, -0.2) is 17.0 Å². The van der Waals surface area contributed by atoms with Gasteiger partial charge in [0.15, 0.2) is 0 Å². The number of benzene rings is 1. The number of carboxylic acid groups (broad SMARTS) is 1. The largest absolute Gasteiger partial charge is 0.481 e. The summed E-state index contributed by atoms with van der Waals surface area (Å²) >= 11 is 0. The molecule has 0 spiro atoms. The van der Waals surface area contributed by atoms with E-state index in [9.17, 15) is 9.59 Å². The number of carbonyl (C=O) groups is 2. The first kappa shape index (κ1) is 13.8. The second-order valence-electron chi connectivity index (χ2n) is 4.45. The molecule has 4 nitrogen and oxygen atoms in total. The Kier molecular flexibility index (Phi) is 4.11. The van der Waals surface area contributed by atoms with Crippen molar-refractivity contribution in [1.82, 2.24) is 0 Å². The summed E-state index contributed by atoms with van der Waals surface area (Å²) in [5.41, 5.74) is 5.46. The lowest BCUT2D eigenvalue weighted by molar-refractivity contribution is -0.142. The quantitative estimate of drug-likeness (QED) is 0.787. The molecular formula is C14H15NO3. The normalized spacial score (nSPS) is 10.3. The third-order valence-corrected chi connectivity index (χ3v) is 2.64.